The molecule has 1 aliphatic carbocycles. The maximum atomic E-state index is 14.1. The van der Waals surface area contributed by atoms with Crippen molar-refractivity contribution in [1.82, 2.24) is 0 Å². The summed E-state index contributed by atoms with van der Waals surface area (Å²) >= 11 is 0. The summed E-state index contributed by atoms with van der Waals surface area (Å²) in [6, 6.07) is 0. The quantitative estimate of drug-likeness (QED) is 0.712. The van der Waals surface area contributed by atoms with Gasteiger partial charge in [-0.3, -0.25) is 0 Å². The van der Waals surface area contributed by atoms with Gasteiger partial charge < -0.3 is 9.31 Å². The van der Waals surface area contributed by atoms with Gasteiger partial charge in [-0.15, -0.1) is 0 Å². The first-order chi connectivity index (χ1) is 8.36. The van der Waals surface area contributed by atoms with Crippen LogP contribution in [0.1, 0.15) is 47.5 Å². The minimum atomic E-state index is -2.68. The van der Waals surface area contributed by atoms with E-state index in [0.717, 1.165) is 0 Å². The van der Waals surface area contributed by atoms with Crippen molar-refractivity contribution in [2.75, 3.05) is 0 Å². The van der Waals surface area contributed by atoms with E-state index < -0.39 is 35.4 Å². The van der Waals surface area contributed by atoms with Crippen LogP contribution in [0, 0.1) is 5.41 Å². The van der Waals surface area contributed by atoms with Crippen LogP contribution in [0.25, 0.3) is 0 Å². The highest BCUT2D eigenvalue weighted by atomic mass is 19.3. The summed E-state index contributed by atoms with van der Waals surface area (Å²) in [6.07, 6.45) is 0.576. The zero-order valence-electron chi connectivity index (χ0n) is 12.0. The first kappa shape index (κ1) is 14.9. The Labute approximate surface area is 112 Å². The lowest BCUT2D eigenvalue weighted by molar-refractivity contribution is -0.134. The summed E-state index contributed by atoms with van der Waals surface area (Å²) in [5.74, 6) is -2.68. The van der Waals surface area contributed by atoms with E-state index in [1.807, 2.05) is 27.7 Å². The molecule has 0 aromatic heterocycles. The molecule has 1 saturated heterocycles. The molecule has 2 aliphatic rings. The average Bonchev–Trinajstić information content (AvgIpc) is 2.31. The van der Waals surface area contributed by atoms with Gasteiger partial charge in [0.15, 0.2) is 0 Å². The van der Waals surface area contributed by atoms with Crippen molar-refractivity contribution in [2.45, 2.75) is 64.6 Å². The predicted octanol–water partition coefficient (Wildman–Crippen LogP) is 3.91. The molecule has 0 radical (unpaired) electrons. The number of halogens is 3. The molecule has 0 spiro atoms. The fourth-order valence-corrected chi connectivity index (χ4v) is 2.59. The van der Waals surface area contributed by atoms with Gasteiger partial charge in [0.25, 0.3) is 0 Å². The summed E-state index contributed by atoms with van der Waals surface area (Å²) in [7, 11) is -1.10. The summed E-state index contributed by atoms with van der Waals surface area (Å²) in [6.45, 7) is 8.90. The molecular weight excluding hydrogens is 256 g/mol. The summed E-state index contributed by atoms with van der Waals surface area (Å²) in [5.41, 5.74) is -2.69. The lowest BCUT2D eigenvalue weighted by Crippen LogP contribution is -2.43. The molecule has 0 bridgehead atoms. The SMILES string of the molecule is CC1(C=C(F)B2OC(C)(C)C(C)(C)O2)CC(F)(F)C1. The van der Waals surface area contributed by atoms with Gasteiger partial charge in [0.1, 0.15) is 5.73 Å². The van der Waals surface area contributed by atoms with Crippen molar-refractivity contribution in [1.29, 1.82) is 0 Å². The number of allylic oxidation sites excluding steroid dienone is 1. The van der Waals surface area contributed by atoms with Gasteiger partial charge in [-0.1, -0.05) is 6.92 Å². The van der Waals surface area contributed by atoms with Crippen LogP contribution in [0.15, 0.2) is 11.8 Å². The van der Waals surface area contributed by atoms with Crippen molar-refractivity contribution in [3.63, 3.8) is 0 Å². The summed E-state index contributed by atoms with van der Waals surface area (Å²) in [4.78, 5) is 0. The van der Waals surface area contributed by atoms with Crippen LogP contribution in [-0.4, -0.2) is 24.2 Å². The maximum absolute atomic E-state index is 14.1. The first-order valence-electron chi connectivity index (χ1n) is 6.48. The number of alkyl halides is 2. The van der Waals surface area contributed by atoms with Crippen molar-refractivity contribution >= 4 is 7.12 Å². The fraction of sp³-hybridized carbons (Fsp3) is 0.846. The molecule has 2 fully saturated rings. The van der Waals surface area contributed by atoms with Gasteiger partial charge in [0, 0.05) is 12.8 Å². The largest absolute Gasteiger partial charge is 0.524 e. The number of hydrogen-bond donors (Lipinski definition) is 0. The third kappa shape index (κ3) is 2.70. The monoisotopic (exact) mass is 276 g/mol. The van der Waals surface area contributed by atoms with E-state index in [1.165, 1.54) is 6.08 Å². The Morgan fingerprint density at radius 1 is 1.00 bits per heavy atom. The highest BCUT2D eigenvalue weighted by Crippen LogP contribution is 2.53. The fourth-order valence-electron chi connectivity index (χ4n) is 2.59. The Bertz CT molecular complexity index is 394. The Morgan fingerprint density at radius 3 is 1.79 bits per heavy atom. The minimum Gasteiger partial charge on any atom is -0.398 e. The summed E-state index contributed by atoms with van der Waals surface area (Å²) in [5, 5.41) is 0. The van der Waals surface area contributed by atoms with E-state index in [-0.39, 0.29) is 12.8 Å². The Balaban J connectivity index is 2.08. The van der Waals surface area contributed by atoms with E-state index in [4.69, 9.17) is 9.31 Å². The maximum Gasteiger partial charge on any atom is 0.524 e. The van der Waals surface area contributed by atoms with Gasteiger partial charge >= 0.3 is 7.12 Å². The van der Waals surface area contributed by atoms with Crippen LogP contribution < -0.4 is 0 Å². The zero-order chi connectivity index (χ0) is 14.7. The highest BCUT2D eigenvalue weighted by molar-refractivity contribution is 6.53. The molecule has 1 heterocycles. The number of hydrogen-bond acceptors (Lipinski definition) is 2. The third-order valence-corrected chi connectivity index (χ3v) is 4.29. The second-order valence-electron chi connectivity index (χ2n) is 6.98. The van der Waals surface area contributed by atoms with Gasteiger partial charge in [0.05, 0.1) is 11.2 Å². The Kier molecular flexibility index (Phi) is 3.15. The normalized spacial score (nSPS) is 31.2. The molecule has 0 aromatic carbocycles. The van der Waals surface area contributed by atoms with Gasteiger partial charge in [-0.2, -0.15) is 0 Å². The Hall–Kier alpha value is -0.485. The van der Waals surface area contributed by atoms with Gasteiger partial charge in [-0.05, 0) is 39.2 Å². The van der Waals surface area contributed by atoms with Crippen LogP contribution in [0.3, 0.4) is 0 Å². The van der Waals surface area contributed by atoms with E-state index in [2.05, 4.69) is 0 Å². The van der Waals surface area contributed by atoms with Gasteiger partial charge in [0.2, 0.25) is 5.92 Å². The van der Waals surface area contributed by atoms with E-state index in [1.54, 1.807) is 6.92 Å². The number of rotatable bonds is 2. The molecule has 0 atom stereocenters. The van der Waals surface area contributed by atoms with Crippen molar-refractivity contribution in [3.05, 3.63) is 11.8 Å². The van der Waals surface area contributed by atoms with E-state index in [9.17, 15) is 13.2 Å². The van der Waals surface area contributed by atoms with Gasteiger partial charge in [-0.25, -0.2) is 13.2 Å². The van der Waals surface area contributed by atoms with E-state index in [0.29, 0.717) is 0 Å². The van der Waals surface area contributed by atoms with Crippen molar-refractivity contribution in [2.24, 2.45) is 5.41 Å². The lowest BCUT2D eigenvalue weighted by Gasteiger charge is -2.42. The molecule has 108 valence electrons. The van der Waals surface area contributed by atoms with Crippen LogP contribution in [0.5, 0.6) is 0 Å². The predicted molar refractivity (Wildman–Crippen MR) is 67.6 cm³/mol. The molecule has 1 aliphatic heterocycles. The Morgan fingerprint density at radius 2 is 1.42 bits per heavy atom. The van der Waals surface area contributed by atoms with Crippen molar-refractivity contribution in [3.8, 4) is 0 Å². The molecule has 2 nitrogen and oxygen atoms in total. The highest BCUT2D eigenvalue weighted by Gasteiger charge is 2.56. The van der Waals surface area contributed by atoms with Crippen LogP contribution in [0.2, 0.25) is 0 Å². The van der Waals surface area contributed by atoms with E-state index >= 15 is 0 Å². The molecule has 1 saturated carbocycles. The van der Waals surface area contributed by atoms with Crippen LogP contribution in [-0.2, 0) is 9.31 Å². The molecule has 19 heavy (non-hydrogen) atoms. The minimum absolute atomic E-state index is 0.326. The van der Waals surface area contributed by atoms with Crippen molar-refractivity contribution < 1.29 is 22.5 Å². The molecule has 0 aromatic rings. The molecule has 6 heteroatoms. The molecular formula is C13H20BF3O2. The smallest absolute Gasteiger partial charge is 0.398 e. The molecule has 0 unspecified atom stereocenters. The first-order valence-corrected chi connectivity index (χ1v) is 6.48. The second kappa shape index (κ2) is 4.01. The molecule has 2 rings (SSSR count). The summed E-state index contributed by atoms with van der Waals surface area (Å²) < 4.78 is 51.0. The lowest BCUT2D eigenvalue weighted by atomic mass is 9.65. The molecule has 0 N–H and O–H groups in total. The standard InChI is InChI=1S/C13H20BF3O2/c1-10(2)11(3,4)19-14(18-10)9(15)6-12(5)7-13(16,17)8-12/h6H,7-8H2,1-5H3. The topological polar surface area (TPSA) is 18.5 Å². The second-order valence-corrected chi connectivity index (χ2v) is 6.98. The van der Waals surface area contributed by atoms with Crippen LogP contribution in [0.4, 0.5) is 13.2 Å². The third-order valence-electron chi connectivity index (χ3n) is 4.29. The van der Waals surface area contributed by atoms with Crippen LogP contribution >= 0.6 is 0 Å². The molecule has 0 amide bonds. The zero-order valence-corrected chi connectivity index (χ0v) is 12.0. The average molecular weight is 276 g/mol.